The Morgan fingerprint density at radius 3 is 2.70 bits per heavy atom. The van der Waals surface area contributed by atoms with Gasteiger partial charge in [0.2, 0.25) is 0 Å². The summed E-state index contributed by atoms with van der Waals surface area (Å²) in [5, 5.41) is 20.9. The first kappa shape index (κ1) is 26.1. The Balaban J connectivity index is 1.69. The van der Waals surface area contributed by atoms with Crippen molar-refractivity contribution in [2.24, 2.45) is 23.7 Å². The fourth-order valence-corrected chi connectivity index (χ4v) is 5.74. The summed E-state index contributed by atoms with van der Waals surface area (Å²) in [6.45, 7) is 12.6. The molecule has 2 N–H and O–H groups in total. The number of ether oxygens (including phenoxy) is 3. The smallest absolute Gasteiger partial charge is 0.303 e. The van der Waals surface area contributed by atoms with Crippen LogP contribution in [0.25, 0.3) is 0 Å². The van der Waals surface area contributed by atoms with Gasteiger partial charge in [-0.15, -0.1) is 0 Å². The number of fused-ring (bicyclic) bond motifs is 1. The zero-order valence-electron chi connectivity index (χ0n) is 20.7. The van der Waals surface area contributed by atoms with Crippen LogP contribution in [-0.4, -0.2) is 54.0 Å². The van der Waals surface area contributed by atoms with Crippen molar-refractivity contribution in [3.05, 3.63) is 35.5 Å². The molecule has 33 heavy (non-hydrogen) atoms. The molecule has 1 saturated heterocycles. The summed E-state index contributed by atoms with van der Waals surface area (Å²) in [7, 11) is 0. The monoisotopic (exact) mass is 462 g/mol. The van der Waals surface area contributed by atoms with Crippen molar-refractivity contribution >= 4 is 5.97 Å². The van der Waals surface area contributed by atoms with Gasteiger partial charge in [0.1, 0.15) is 12.2 Å². The molecule has 6 nitrogen and oxygen atoms in total. The minimum Gasteiger partial charge on any atom is -0.457 e. The van der Waals surface area contributed by atoms with Gasteiger partial charge in [-0.1, -0.05) is 35.5 Å². The molecular formula is C27H42O6. The maximum atomic E-state index is 11.2. The zero-order chi connectivity index (χ0) is 24.1. The molecule has 0 unspecified atom stereocenters. The molecule has 0 aromatic rings. The van der Waals surface area contributed by atoms with Gasteiger partial charge in [-0.05, 0) is 83.0 Å². The SMILES string of the molecule is C=C1CC[C@@H]([C@@H](CCC=C(C)C)CO[C@H]2OC[C@H](OC(C)=O)[C@@H](O)[C@@H]2O)[C@@H]2C=C(C)CC[C@H]12. The number of carbonyl (C=O) groups excluding carboxylic acids is 1. The molecule has 3 aliphatic rings. The Morgan fingerprint density at radius 2 is 2.00 bits per heavy atom. The highest BCUT2D eigenvalue weighted by Crippen LogP contribution is 2.48. The lowest BCUT2D eigenvalue weighted by Crippen LogP contribution is -2.55. The zero-order valence-corrected chi connectivity index (χ0v) is 20.7. The highest BCUT2D eigenvalue weighted by molar-refractivity contribution is 5.66. The summed E-state index contributed by atoms with van der Waals surface area (Å²) in [6, 6.07) is 0. The van der Waals surface area contributed by atoms with Crippen LogP contribution in [-0.2, 0) is 19.0 Å². The van der Waals surface area contributed by atoms with Crippen LogP contribution >= 0.6 is 0 Å². The molecule has 0 amide bonds. The lowest BCUT2D eigenvalue weighted by Gasteiger charge is -2.45. The molecule has 8 atom stereocenters. The molecule has 2 aliphatic carbocycles. The van der Waals surface area contributed by atoms with Gasteiger partial charge in [0, 0.05) is 6.92 Å². The van der Waals surface area contributed by atoms with Crippen molar-refractivity contribution in [3.8, 4) is 0 Å². The van der Waals surface area contributed by atoms with E-state index in [4.69, 9.17) is 14.2 Å². The topological polar surface area (TPSA) is 85.2 Å². The highest BCUT2D eigenvalue weighted by Gasteiger charge is 2.43. The van der Waals surface area contributed by atoms with E-state index in [0.717, 1.165) is 32.1 Å². The Bertz CT molecular complexity index is 752. The highest BCUT2D eigenvalue weighted by atomic mass is 16.7. The van der Waals surface area contributed by atoms with Crippen molar-refractivity contribution in [3.63, 3.8) is 0 Å². The van der Waals surface area contributed by atoms with Gasteiger partial charge >= 0.3 is 5.97 Å². The van der Waals surface area contributed by atoms with E-state index in [-0.39, 0.29) is 6.61 Å². The van der Waals surface area contributed by atoms with Crippen LogP contribution in [0.4, 0.5) is 0 Å². The first-order chi connectivity index (χ1) is 15.7. The van der Waals surface area contributed by atoms with E-state index < -0.39 is 30.6 Å². The second kappa shape index (κ2) is 11.8. The minimum absolute atomic E-state index is 0.000785. The Hall–Kier alpha value is -1.47. The van der Waals surface area contributed by atoms with Crippen LogP contribution in [0.3, 0.4) is 0 Å². The fourth-order valence-electron chi connectivity index (χ4n) is 5.74. The lowest BCUT2D eigenvalue weighted by atomic mass is 9.61. The first-order valence-corrected chi connectivity index (χ1v) is 12.4. The van der Waals surface area contributed by atoms with Crippen molar-refractivity contribution in [1.29, 1.82) is 0 Å². The average Bonchev–Trinajstić information content (AvgIpc) is 2.75. The van der Waals surface area contributed by atoms with E-state index in [9.17, 15) is 15.0 Å². The molecule has 0 spiro atoms. The van der Waals surface area contributed by atoms with Crippen LogP contribution in [0, 0.1) is 23.7 Å². The summed E-state index contributed by atoms with van der Waals surface area (Å²) in [5.74, 6) is 1.30. The van der Waals surface area contributed by atoms with E-state index in [1.165, 1.54) is 30.1 Å². The van der Waals surface area contributed by atoms with Crippen molar-refractivity contribution in [2.75, 3.05) is 13.2 Å². The van der Waals surface area contributed by atoms with E-state index in [1.54, 1.807) is 0 Å². The van der Waals surface area contributed by atoms with Gasteiger partial charge in [-0.25, -0.2) is 0 Å². The third-order valence-electron chi connectivity index (χ3n) is 7.53. The van der Waals surface area contributed by atoms with Gasteiger partial charge in [0.15, 0.2) is 12.4 Å². The van der Waals surface area contributed by atoms with Crippen LogP contribution in [0.2, 0.25) is 0 Å². The molecule has 1 aliphatic heterocycles. The van der Waals surface area contributed by atoms with Gasteiger partial charge in [-0.2, -0.15) is 0 Å². The molecule has 0 aromatic carbocycles. The van der Waals surface area contributed by atoms with Crippen LogP contribution in [0.1, 0.15) is 66.2 Å². The first-order valence-electron chi connectivity index (χ1n) is 12.4. The van der Waals surface area contributed by atoms with Gasteiger partial charge in [-0.3, -0.25) is 4.79 Å². The molecule has 0 radical (unpaired) electrons. The van der Waals surface area contributed by atoms with E-state index in [1.807, 2.05) is 0 Å². The standard InChI is InChI=1S/C27H42O6/c1-16(2)7-6-8-20(22-12-10-18(4)21-11-9-17(3)13-23(21)22)14-31-27-26(30)25(29)24(15-32-27)33-19(5)28/h7,13,20-27,29-30H,4,6,8-12,14-15H2,1-3,5H3/t20-,21+,22-,23+,24-,25+,26-,27-/m0/s1. The van der Waals surface area contributed by atoms with E-state index >= 15 is 0 Å². The van der Waals surface area contributed by atoms with Crippen molar-refractivity contribution in [1.82, 2.24) is 0 Å². The Labute approximate surface area is 198 Å². The molecule has 3 rings (SSSR count). The Kier molecular flexibility index (Phi) is 9.34. The number of aliphatic hydroxyl groups excluding tert-OH is 2. The molecule has 6 heteroatoms. The van der Waals surface area contributed by atoms with Gasteiger partial charge in [0.25, 0.3) is 0 Å². The number of allylic oxidation sites excluding steroid dienone is 5. The maximum Gasteiger partial charge on any atom is 0.303 e. The van der Waals surface area contributed by atoms with Crippen LogP contribution < -0.4 is 0 Å². The summed E-state index contributed by atoms with van der Waals surface area (Å²) >= 11 is 0. The summed E-state index contributed by atoms with van der Waals surface area (Å²) in [6.07, 6.45) is 6.89. The number of rotatable bonds is 8. The van der Waals surface area contributed by atoms with Crippen LogP contribution in [0.15, 0.2) is 35.5 Å². The van der Waals surface area contributed by atoms with E-state index in [2.05, 4.69) is 39.5 Å². The summed E-state index contributed by atoms with van der Waals surface area (Å²) in [4.78, 5) is 11.2. The predicted molar refractivity (Wildman–Crippen MR) is 127 cm³/mol. The summed E-state index contributed by atoms with van der Waals surface area (Å²) < 4.78 is 16.8. The molecule has 0 aromatic heterocycles. The number of hydrogen-bond donors (Lipinski definition) is 2. The quantitative estimate of drug-likeness (QED) is 0.413. The molecule has 1 heterocycles. The number of hydrogen-bond acceptors (Lipinski definition) is 6. The number of aliphatic hydroxyl groups is 2. The molecule has 2 fully saturated rings. The minimum atomic E-state index is -1.27. The molecular weight excluding hydrogens is 420 g/mol. The van der Waals surface area contributed by atoms with Crippen molar-refractivity contribution < 1.29 is 29.2 Å². The average molecular weight is 463 g/mol. The second-order valence-corrected chi connectivity index (χ2v) is 10.4. The van der Waals surface area contributed by atoms with E-state index in [0.29, 0.717) is 30.3 Å². The molecule has 0 bridgehead atoms. The predicted octanol–water partition coefficient (Wildman–Crippen LogP) is 4.31. The third kappa shape index (κ3) is 6.78. The van der Waals surface area contributed by atoms with Gasteiger partial charge in [0.05, 0.1) is 13.2 Å². The van der Waals surface area contributed by atoms with Gasteiger partial charge < -0.3 is 24.4 Å². The van der Waals surface area contributed by atoms with Crippen LogP contribution in [0.5, 0.6) is 0 Å². The fraction of sp³-hybridized carbons (Fsp3) is 0.741. The second-order valence-electron chi connectivity index (χ2n) is 10.4. The van der Waals surface area contributed by atoms with Crippen molar-refractivity contribution in [2.45, 2.75) is 90.8 Å². The maximum absolute atomic E-state index is 11.2. The molecule has 1 saturated carbocycles. The normalized spacial score (nSPS) is 35.3. The number of carbonyl (C=O) groups is 1. The largest absolute Gasteiger partial charge is 0.457 e. The lowest BCUT2D eigenvalue weighted by molar-refractivity contribution is -0.276. The number of esters is 1. The third-order valence-corrected chi connectivity index (χ3v) is 7.53. The summed E-state index contributed by atoms with van der Waals surface area (Å²) in [5.41, 5.74) is 4.16. The molecule has 186 valence electrons. The Morgan fingerprint density at radius 1 is 1.24 bits per heavy atom.